The number of halogens is 3. The van der Waals surface area contributed by atoms with Gasteiger partial charge in [-0.2, -0.15) is 0 Å². The SMILES string of the molecule is Clc1ncc(Br)cc1NCc1cc2c(cc1Br)OCO2. The highest BCUT2D eigenvalue weighted by molar-refractivity contribution is 9.10. The van der Waals surface area contributed by atoms with Gasteiger partial charge in [-0.25, -0.2) is 4.98 Å². The Labute approximate surface area is 137 Å². The zero-order valence-corrected chi connectivity index (χ0v) is 14.0. The van der Waals surface area contributed by atoms with Crippen LogP contribution in [0.1, 0.15) is 5.56 Å². The molecule has 4 nitrogen and oxygen atoms in total. The fourth-order valence-corrected chi connectivity index (χ4v) is 2.80. The summed E-state index contributed by atoms with van der Waals surface area (Å²) in [4.78, 5) is 4.07. The highest BCUT2D eigenvalue weighted by atomic mass is 79.9. The van der Waals surface area contributed by atoms with Crippen LogP contribution in [0, 0.1) is 0 Å². The van der Waals surface area contributed by atoms with E-state index in [-0.39, 0.29) is 6.79 Å². The van der Waals surface area contributed by atoms with Crippen LogP contribution >= 0.6 is 43.5 Å². The van der Waals surface area contributed by atoms with Crippen molar-refractivity contribution >= 4 is 49.1 Å². The Morgan fingerprint density at radius 3 is 2.75 bits per heavy atom. The maximum atomic E-state index is 6.05. The minimum atomic E-state index is 0.264. The fraction of sp³-hybridized carbons (Fsp3) is 0.154. The summed E-state index contributed by atoms with van der Waals surface area (Å²) in [6.45, 7) is 0.856. The van der Waals surface area contributed by atoms with E-state index in [1.54, 1.807) is 6.20 Å². The predicted molar refractivity (Wildman–Crippen MR) is 84.5 cm³/mol. The molecule has 1 aliphatic heterocycles. The van der Waals surface area contributed by atoms with Gasteiger partial charge in [0.15, 0.2) is 16.7 Å². The standard InChI is InChI=1S/C13H9Br2ClN2O2/c14-8-2-10(13(16)18-5-8)17-4-7-1-11-12(3-9(7)15)20-6-19-11/h1-3,5,17H,4,6H2. The molecule has 1 aromatic heterocycles. The van der Waals surface area contributed by atoms with E-state index in [4.69, 9.17) is 21.1 Å². The van der Waals surface area contributed by atoms with Gasteiger partial charge in [-0.3, -0.25) is 0 Å². The number of hydrogen-bond acceptors (Lipinski definition) is 4. The van der Waals surface area contributed by atoms with Crippen molar-refractivity contribution in [3.05, 3.63) is 44.1 Å². The first-order chi connectivity index (χ1) is 9.63. The number of pyridine rings is 1. The van der Waals surface area contributed by atoms with Crippen molar-refractivity contribution in [2.45, 2.75) is 6.54 Å². The Morgan fingerprint density at radius 1 is 1.20 bits per heavy atom. The van der Waals surface area contributed by atoms with Gasteiger partial charge in [-0.15, -0.1) is 0 Å². The minimum Gasteiger partial charge on any atom is -0.454 e. The molecule has 0 spiro atoms. The second-order valence-electron chi connectivity index (χ2n) is 4.14. The molecule has 0 bridgehead atoms. The largest absolute Gasteiger partial charge is 0.454 e. The summed E-state index contributed by atoms with van der Waals surface area (Å²) >= 11 is 12.9. The van der Waals surface area contributed by atoms with Gasteiger partial charge in [0, 0.05) is 21.7 Å². The molecule has 20 heavy (non-hydrogen) atoms. The van der Waals surface area contributed by atoms with Crippen LogP contribution in [0.15, 0.2) is 33.3 Å². The van der Waals surface area contributed by atoms with Gasteiger partial charge in [-0.1, -0.05) is 27.5 Å². The molecular weight excluding hydrogens is 411 g/mol. The van der Waals surface area contributed by atoms with Crippen LogP contribution in [0.2, 0.25) is 5.15 Å². The summed E-state index contributed by atoms with van der Waals surface area (Å²) in [7, 11) is 0. The van der Waals surface area contributed by atoms with Gasteiger partial charge < -0.3 is 14.8 Å². The van der Waals surface area contributed by atoms with Gasteiger partial charge in [0.25, 0.3) is 0 Å². The Hall–Kier alpha value is -0.980. The lowest BCUT2D eigenvalue weighted by Gasteiger charge is -2.10. The van der Waals surface area contributed by atoms with E-state index in [0.717, 1.165) is 31.7 Å². The van der Waals surface area contributed by atoms with Crippen molar-refractivity contribution in [1.29, 1.82) is 0 Å². The first-order valence-electron chi connectivity index (χ1n) is 5.76. The second-order valence-corrected chi connectivity index (χ2v) is 6.27. The molecule has 2 heterocycles. The Balaban J connectivity index is 1.80. The zero-order chi connectivity index (χ0) is 14.1. The molecule has 0 unspecified atom stereocenters. The summed E-state index contributed by atoms with van der Waals surface area (Å²) in [5, 5.41) is 3.69. The number of benzene rings is 1. The number of hydrogen-bond donors (Lipinski definition) is 1. The molecule has 0 aliphatic carbocycles. The predicted octanol–water partition coefficient (Wildman–Crippen LogP) is 4.60. The third-order valence-corrected chi connectivity index (χ3v) is 4.29. The molecule has 1 N–H and O–H groups in total. The summed E-state index contributed by atoms with van der Waals surface area (Å²) in [5.41, 5.74) is 1.82. The van der Waals surface area contributed by atoms with Crippen LogP contribution in [0.4, 0.5) is 5.69 Å². The maximum absolute atomic E-state index is 6.05. The molecule has 0 saturated carbocycles. The Bertz CT molecular complexity index is 667. The van der Waals surface area contributed by atoms with E-state index >= 15 is 0 Å². The lowest BCUT2D eigenvalue weighted by atomic mass is 10.2. The van der Waals surface area contributed by atoms with E-state index in [1.807, 2.05) is 18.2 Å². The Morgan fingerprint density at radius 2 is 1.95 bits per heavy atom. The molecule has 7 heteroatoms. The van der Waals surface area contributed by atoms with E-state index in [1.165, 1.54) is 0 Å². The summed E-state index contributed by atoms with van der Waals surface area (Å²) in [6, 6.07) is 5.73. The fourth-order valence-electron chi connectivity index (χ4n) is 1.83. The quantitative estimate of drug-likeness (QED) is 0.737. The van der Waals surface area contributed by atoms with E-state index < -0.39 is 0 Å². The normalized spacial score (nSPS) is 12.6. The first-order valence-corrected chi connectivity index (χ1v) is 7.73. The second kappa shape index (κ2) is 5.79. The van der Waals surface area contributed by atoms with Gasteiger partial charge in [0.1, 0.15) is 0 Å². The third-order valence-electron chi connectivity index (χ3n) is 2.82. The number of nitrogens with one attached hydrogen (secondary N) is 1. The van der Waals surface area contributed by atoms with Gasteiger partial charge in [-0.05, 0) is 39.7 Å². The van der Waals surface area contributed by atoms with Crippen molar-refractivity contribution < 1.29 is 9.47 Å². The number of rotatable bonds is 3. The number of nitrogens with zero attached hydrogens (tertiary/aromatic N) is 1. The first kappa shape index (κ1) is 14.0. The molecule has 3 rings (SSSR count). The zero-order valence-electron chi connectivity index (χ0n) is 10.1. The molecule has 1 aliphatic rings. The monoisotopic (exact) mass is 418 g/mol. The van der Waals surface area contributed by atoms with Crippen molar-refractivity contribution in [2.24, 2.45) is 0 Å². The summed E-state index contributed by atoms with van der Waals surface area (Å²) < 4.78 is 12.5. The molecule has 0 amide bonds. The van der Waals surface area contributed by atoms with Crippen molar-refractivity contribution in [1.82, 2.24) is 4.98 Å². The van der Waals surface area contributed by atoms with Crippen LogP contribution in [0.25, 0.3) is 0 Å². The average molecular weight is 420 g/mol. The molecule has 0 radical (unpaired) electrons. The van der Waals surface area contributed by atoms with Crippen LogP contribution < -0.4 is 14.8 Å². The molecule has 0 saturated heterocycles. The van der Waals surface area contributed by atoms with Gasteiger partial charge in [0.2, 0.25) is 6.79 Å². The number of anilines is 1. The highest BCUT2D eigenvalue weighted by Crippen LogP contribution is 2.37. The van der Waals surface area contributed by atoms with Crippen molar-refractivity contribution in [3.8, 4) is 11.5 Å². The lowest BCUT2D eigenvalue weighted by Crippen LogP contribution is -2.01. The highest BCUT2D eigenvalue weighted by Gasteiger charge is 2.16. The molecule has 1 aromatic carbocycles. The summed E-state index contributed by atoms with van der Waals surface area (Å²) in [6.07, 6.45) is 1.66. The molecule has 2 aromatic rings. The maximum Gasteiger partial charge on any atom is 0.231 e. The number of aromatic nitrogens is 1. The third kappa shape index (κ3) is 2.87. The Kier molecular flexibility index (Phi) is 4.05. The topological polar surface area (TPSA) is 43.4 Å². The van der Waals surface area contributed by atoms with Crippen LogP contribution in [-0.4, -0.2) is 11.8 Å². The van der Waals surface area contributed by atoms with Crippen molar-refractivity contribution in [3.63, 3.8) is 0 Å². The van der Waals surface area contributed by atoms with E-state index in [2.05, 4.69) is 42.2 Å². The smallest absolute Gasteiger partial charge is 0.231 e. The molecule has 0 fully saturated rings. The lowest BCUT2D eigenvalue weighted by molar-refractivity contribution is 0.174. The van der Waals surface area contributed by atoms with Crippen molar-refractivity contribution in [2.75, 3.05) is 12.1 Å². The van der Waals surface area contributed by atoms with E-state index in [0.29, 0.717) is 11.7 Å². The van der Waals surface area contributed by atoms with Gasteiger partial charge >= 0.3 is 0 Å². The molecule has 0 atom stereocenters. The van der Waals surface area contributed by atoms with Gasteiger partial charge in [0.05, 0.1) is 5.69 Å². The van der Waals surface area contributed by atoms with E-state index in [9.17, 15) is 0 Å². The molecule has 104 valence electrons. The number of ether oxygens (including phenoxy) is 2. The molecular formula is C13H9Br2ClN2O2. The average Bonchev–Trinajstić information content (AvgIpc) is 2.86. The van der Waals surface area contributed by atoms with Crippen LogP contribution in [-0.2, 0) is 6.54 Å². The van der Waals surface area contributed by atoms with Crippen LogP contribution in [0.5, 0.6) is 11.5 Å². The number of fused-ring (bicyclic) bond motifs is 1. The minimum absolute atomic E-state index is 0.264. The summed E-state index contributed by atoms with van der Waals surface area (Å²) in [5.74, 6) is 1.51. The van der Waals surface area contributed by atoms with Crippen LogP contribution in [0.3, 0.4) is 0 Å².